The van der Waals surface area contributed by atoms with Crippen LogP contribution in [0.1, 0.15) is 38.2 Å². The van der Waals surface area contributed by atoms with Gasteiger partial charge in [-0.05, 0) is 18.4 Å². The van der Waals surface area contributed by atoms with Crippen LogP contribution in [0, 0.1) is 0 Å². The zero-order chi connectivity index (χ0) is 13.2. The zero-order valence-electron chi connectivity index (χ0n) is 10.8. The molecule has 0 saturated heterocycles. The molecular formula is C15H20NO2. The average molecular weight is 246 g/mol. The van der Waals surface area contributed by atoms with Crippen molar-refractivity contribution in [1.82, 2.24) is 5.32 Å². The molecule has 1 radical (unpaired) electrons. The van der Waals surface area contributed by atoms with Gasteiger partial charge in [0.15, 0.2) is 0 Å². The van der Waals surface area contributed by atoms with Crippen molar-refractivity contribution >= 4 is 12.2 Å². The highest BCUT2D eigenvalue weighted by Gasteiger charge is 2.11. The first kappa shape index (κ1) is 14.4. The zero-order valence-corrected chi connectivity index (χ0v) is 10.8. The highest BCUT2D eigenvalue weighted by molar-refractivity contribution is 5.79. The van der Waals surface area contributed by atoms with Crippen LogP contribution in [-0.2, 0) is 16.0 Å². The van der Waals surface area contributed by atoms with Gasteiger partial charge in [0.2, 0.25) is 12.2 Å². The number of amides is 1. The second kappa shape index (κ2) is 8.45. The lowest BCUT2D eigenvalue weighted by atomic mass is 10.1. The van der Waals surface area contributed by atoms with E-state index in [1.807, 2.05) is 36.6 Å². The number of rotatable bonds is 8. The number of hydrogen-bond donors (Lipinski definition) is 1. The number of carbonyl (C=O) groups excluding carboxylic acids is 2. The van der Waals surface area contributed by atoms with E-state index in [9.17, 15) is 9.59 Å². The van der Waals surface area contributed by atoms with Gasteiger partial charge in [0.05, 0.1) is 6.04 Å². The number of unbranched alkanes of at least 4 members (excludes halogenated alkanes) is 1. The van der Waals surface area contributed by atoms with E-state index in [2.05, 4.69) is 12.2 Å². The number of benzene rings is 1. The topological polar surface area (TPSA) is 46.2 Å². The molecule has 1 aromatic rings. The molecule has 0 aliphatic rings. The number of carbonyl (C=O) groups is 1. The molecule has 3 heteroatoms. The average Bonchev–Trinajstić information content (AvgIpc) is 2.42. The van der Waals surface area contributed by atoms with Gasteiger partial charge in [-0.1, -0.05) is 50.1 Å². The minimum absolute atomic E-state index is 0.0803. The van der Waals surface area contributed by atoms with E-state index in [0.29, 0.717) is 19.3 Å². The summed E-state index contributed by atoms with van der Waals surface area (Å²) in [4.78, 5) is 22.3. The minimum Gasteiger partial charge on any atom is -0.346 e. The molecule has 18 heavy (non-hydrogen) atoms. The Morgan fingerprint density at radius 3 is 2.67 bits per heavy atom. The van der Waals surface area contributed by atoms with Crippen LogP contribution in [0.5, 0.6) is 0 Å². The van der Waals surface area contributed by atoms with E-state index < -0.39 is 6.04 Å². The van der Waals surface area contributed by atoms with E-state index in [-0.39, 0.29) is 5.91 Å². The molecule has 1 N–H and O–H groups in total. The van der Waals surface area contributed by atoms with Crippen molar-refractivity contribution in [3.8, 4) is 0 Å². The largest absolute Gasteiger partial charge is 0.346 e. The Hall–Kier alpha value is -1.64. The lowest BCUT2D eigenvalue weighted by Gasteiger charge is -2.11. The Morgan fingerprint density at radius 2 is 2.06 bits per heavy atom. The summed E-state index contributed by atoms with van der Waals surface area (Å²) in [6.07, 6.45) is 5.61. The summed E-state index contributed by atoms with van der Waals surface area (Å²) < 4.78 is 0. The van der Waals surface area contributed by atoms with E-state index >= 15 is 0 Å². The van der Waals surface area contributed by atoms with Gasteiger partial charge < -0.3 is 5.32 Å². The van der Waals surface area contributed by atoms with Crippen LogP contribution < -0.4 is 5.32 Å². The third-order valence-corrected chi connectivity index (χ3v) is 2.81. The Bertz CT molecular complexity index is 362. The second-order valence-corrected chi connectivity index (χ2v) is 4.37. The summed E-state index contributed by atoms with van der Waals surface area (Å²) in [6, 6.07) is 9.40. The van der Waals surface area contributed by atoms with E-state index in [1.165, 1.54) is 0 Å². The van der Waals surface area contributed by atoms with Gasteiger partial charge in [-0.3, -0.25) is 9.59 Å². The quantitative estimate of drug-likeness (QED) is 0.765. The molecule has 0 heterocycles. The van der Waals surface area contributed by atoms with Crippen LogP contribution in [0.25, 0.3) is 0 Å². The minimum atomic E-state index is -0.451. The molecule has 1 unspecified atom stereocenters. The molecule has 0 aromatic heterocycles. The molecule has 1 amide bonds. The lowest BCUT2D eigenvalue weighted by Crippen LogP contribution is -2.36. The molecule has 0 saturated carbocycles. The monoisotopic (exact) mass is 246 g/mol. The summed E-state index contributed by atoms with van der Waals surface area (Å²) in [6.45, 7) is 2.05. The number of aryl methyl sites for hydroxylation is 1. The first-order chi connectivity index (χ1) is 8.76. The highest BCUT2D eigenvalue weighted by atomic mass is 16.2. The van der Waals surface area contributed by atoms with E-state index in [0.717, 1.165) is 18.4 Å². The van der Waals surface area contributed by atoms with Gasteiger partial charge >= 0.3 is 0 Å². The Labute approximate surface area is 109 Å². The van der Waals surface area contributed by atoms with Gasteiger partial charge in [0.25, 0.3) is 0 Å². The van der Waals surface area contributed by atoms with Crippen LogP contribution in [0.15, 0.2) is 30.3 Å². The smallest absolute Gasteiger partial charge is 0.222 e. The van der Waals surface area contributed by atoms with Crippen molar-refractivity contribution in [2.45, 2.75) is 45.1 Å². The SMILES string of the molecule is CCCCC([C]=O)NC(=O)CCc1ccccc1. The lowest BCUT2D eigenvalue weighted by molar-refractivity contribution is -0.121. The standard InChI is InChI=1S/C15H20NO2/c1-2-3-9-14(12-17)16-15(18)11-10-13-7-5-4-6-8-13/h4-8,14H,2-3,9-11H2,1H3,(H,16,18). The predicted octanol–water partition coefficient (Wildman–Crippen LogP) is 2.40. The fourth-order valence-electron chi connectivity index (χ4n) is 1.74. The van der Waals surface area contributed by atoms with Crippen LogP contribution in [-0.4, -0.2) is 18.2 Å². The van der Waals surface area contributed by atoms with E-state index in [4.69, 9.17) is 0 Å². The number of hydrogen-bond acceptors (Lipinski definition) is 2. The summed E-state index contributed by atoms with van der Waals surface area (Å²) in [5.74, 6) is -0.0803. The fourth-order valence-corrected chi connectivity index (χ4v) is 1.74. The summed E-state index contributed by atoms with van der Waals surface area (Å²) >= 11 is 0. The molecule has 0 spiro atoms. The molecule has 97 valence electrons. The first-order valence-electron chi connectivity index (χ1n) is 6.47. The van der Waals surface area contributed by atoms with Crippen molar-refractivity contribution in [1.29, 1.82) is 0 Å². The van der Waals surface area contributed by atoms with Crippen molar-refractivity contribution < 1.29 is 9.59 Å². The van der Waals surface area contributed by atoms with Gasteiger partial charge in [-0.25, -0.2) is 0 Å². The maximum absolute atomic E-state index is 11.7. The van der Waals surface area contributed by atoms with Crippen LogP contribution in [0.2, 0.25) is 0 Å². The third-order valence-electron chi connectivity index (χ3n) is 2.81. The van der Waals surface area contributed by atoms with Crippen molar-refractivity contribution in [2.75, 3.05) is 0 Å². The Morgan fingerprint density at radius 1 is 1.33 bits per heavy atom. The first-order valence-corrected chi connectivity index (χ1v) is 6.47. The molecule has 0 aliphatic carbocycles. The fraction of sp³-hybridized carbons (Fsp3) is 0.467. The number of nitrogens with one attached hydrogen (secondary N) is 1. The molecule has 1 rings (SSSR count). The molecule has 1 aromatic carbocycles. The van der Waals surface area contributed by atoms with Gasteiger partial charge in [0.1, 0.15) is 0 Å². The van der Waals surface area contributed by atoms with Gasteiger partial charge in [-0.2, -0.15) is 0 Å². The van der Waals surface area contributed by atoms with Crippen LogP contribution in [0.4, 0.5) is 0 Å². The normalized spacial score (nSPS) is 11.8. The van der Waals surface area contributed by atoms with Crippen LogP contribution >= 0.6 is 0 Å². The molecule has 3 nitrogen and oxygen atoms in total. The van der Waals surface area contributed by atoms with E-state index in [1.54, 1.807) is 0 Å². The van der Waals surface area contributed by atoms with Crippen LogP contribution in [0.3, 0.4) is 0 Å². The summed E-state index contributed by atoms with van der Waals surface area (Å²) in [5.41, 5.74) is 1.13. The van der Waals surface area contributed by atoms with Crippen molar-refractivity contribution in [3.63, 3.8) is 0 Å². The van der Waals surface area contributed by atoms with Crippen molar-refractivity contribution in [2.24, 2.45) is 0 Å². The predicted molar refractivity (Wildman–Crippen MR) is 71.9 cm³/mol. The molecule has 0 bridgehead atoms. The Kier molecular flexibility index (Phi) is 6.77. The maximum Gasteiger partial charge on any atom is 0.222 e. The van der Waals surface area contributed by atoms with Gasteiger partial charge in [0, 0.05) is 6.42 Å². The molecule has 1 atom stereocenters. The van der Waals surface area contributed by atoms with Gasteiger partial charge in [-0.15, -0.1) is 0 Å². The molecule has 0 aliphatic heterocycles. The van der Waals surface area contributed by atoms with Crippen molar-refractivity contribution in [3.05, 3.63) is 35.9 Å². The summed E-state index contributed by atoms with van der Waals surface area (Å²) in [5, 5.41) is 2.71. The maximum atomic E-state index is 11.7. The summed E-state index contributed by atoms with van der Waals surface area (Å²) in [7, 11) is 0. The molecular weight excluding hydrogens is 226 g/mol. The second-order valence-electron chi connectivity index (χ2n) is 4.37. The highest BCUT2D eigenvalue weighted by Crippen LogP contribution is 2.03. The molecule has 0 fully saturated rings. The Balaban J connectivity index is 2.30. The third kappa shape index (κ3) is 5.62.